The summed E-state index contributed by atoms with van der Waals surface area (Å²) in [6.07, 6.45) is 3.97. The molecule has 0 amide bonds. The van der Waals surface area contributed by atoms with Gasteiger partial charge in [-0.1, -0.05) is 109 Å². The molecule has 4 aromatic carbocycles. The monoisotopic (exact) mass is 619 g/mol. The lowest BCUT2D eigenvalue weighted by Crippen LogP contribution is -1.92. The Kier molecular flexibility index (Phi) is 5.64. The number of benzene rings is 4. The van der Waals surface area contributed by atoms with E-state index in [0.29, 0.717) is 0 Å². The first-order valence-electron chi connectivity index (χ1n) is 15.4. The lowest BCUT2D eigenvalue weighted by atomic mass is 9.97. The summed E-state index contributed by atoms with van der Waals surface area (Å²) in [5.41, 5.74) is 11.9. The number of nitrogens with zero attached hydrogens (tertiary/aromatic N) is 6. The molecule has 10 rings (SSSR count). The molecule has 0 unspecified atom stereocenters. The van der Waals surface area contributed by atoms with Crippen LogP contribution in [0.15, 0.2) is 140 Å². The highest BCUT2D eigenvalue weighted by molar-refractivity contribution is 7.25. The standard InChI is InChI=1S/C40H23N6S/c1-3-9-24(10-4-1)29-22-32-36-38(47-40(32)41-23-29)35(44-45-36)27-16-14-25(15-17-27)28-18-19-30-31(21-28)34(26-11-5-2-6-12-26)43-39-37(30)42-33-13-7-8-20-46(33)39/h1-23H/q-1. The molecular formula is C40H23N6S-. The summed E-state index contributed by atoms with van der Waals surface area (Å²) >= 11 is 1.65. The summed E-state index contributed by atoms with van der Waals surface area (Å²) in [4.78, 5) is 15.9. The van der Waals surface area contributed by atoms with Gasteiger partial charge in [0.15, 0.2) is 5.65 Å². The molecule has 0 atom stereocenters. The van der Waals surface area contributed by atoms with Crippen molar-refractivity contribution in [3.8, 4) is 44.8 Å². The van der Waals surface area contributed by atoms with Crippen LogP contribution in [0.25, 0.3) is 92.8 Å². The first-order valence-corrected chi connectivity index (χ1v) is 16.2. The van der Waals surface area contributed by atoms with E-state index >= 15 is 0 Å². The van der Waals surface area contributed by atoms with Crippen molar-refractivity contribution in [3.05, 3.63) is 140 Å². The molecule has 0 radical (unpaired) electrons. The Hall–Kier alpha value is -6.18. The molecule has 47 heavy (non-hydrogen) atoms. The summed E-state index contributed by atoms with van der Waals surface area (Å²) in [5.74, 6) is 0. The van der Waals surface area contributed by atoms with Gasteiger partial charge in [-0.25, -0.2) is 15.0 Å². The van der Waals surface area contributed by atoms with Crippen molar-refractivity contribution in [2.24, 2.45) is 0 Å². The number of imidazole rings is 1. The van der Waals surface area contributed by atoms with Crippen LogP contribution in [0.5, 0.6) is 0 Å². The minimum Gasteiger partial charge on any atom is -0.573 e. The van der Waals surface area contributed by atoms with E-state index in [1.54, 1.807) is 11.3 Å². The Morgan fingerprint density at radius 2 is 1.23 bits per heavy atom. The number of pyridine rings is 3. The van der Waals surface area contributed by atoms with Crippen molar-refractivity contribution in [2.45, 2.75) is 0 Å². The number of aromatic nitrogens is 6. The van der Waals surface area contributed by atoms with Crippen LogP contribution in [0.2, 0.25) is 0 Å². The summed E-state index contributed by atoms with van der Waals surface area (Å²) in [7, 11) is 0. The number of hydrogen-bond acceptors (Lipinski definition) is 5. The predicted molar refractivity (Wildman–Crippen MR) is 192 cm³/mol. The minimum absolute atomic E-state index is 0.860. The molecule has 0 saturated carbocycles. The second kappa shape index (κ2) is 10.2. The van der Waals surface area contributed by atoms with Gasteiger partial charge in [-0.15, -0.1) is 11.3 Å². The van der Waals surface area contributed by atoms with Crippen molar-refractivity contribution < 1.29 is 0 Å². The van der Waals surface area contributed by atoms with Gasteiger partial charge in [0.1, 0.15) is 16.0 Å². The highest BCUT2D eigenvalue weighted by atomic mass is 32.1. The Morgan fingerprint density at radius 1 is 0.553 bits per heavy atom. The fraction of sp³-hybridized carbons (Fsp3) is 0. The maximum atomic E-state index is 5.20. The summed E-state index contributed by atoms with van der Waals surface area (Å²) in [6, 6.07) is 44.1. The van der Waals surface area contributed by atoms with Gasteiger partial charge in [0, 0.05) is 39.0 Å². The molecule has 7 heteroatoms. The number of thiophene rings is 1. The Labute approximate surface area is 272 Å². The fourth-order valence-electron chi connectivity index (χ4n) is 6.55. The molecule has 6 aromatic heterocycles. The van der Waals surface area contributed by atoms with Crippen LogP contribution in [-0.2, 0) is 0 Å². The van der Waals surface area contributed by atoms with Crippen molar-refractivity contribution in [1.29, 1.82) is 0 Å². The topological polar surface area (TPSA) is 70.1 Å². The molecule has 0 aliphatic rings. The minimum atomic E-state index is 0.860. The van der Waals surface area contributed by atoms with E-state index in [4.69, 9.17) is 15.0 Å². The lowest BCUT2D eigenvalue weighted by molar-refractivity contribution is 1.10. The van der Waals surface area contributed by atoms with Crippen molar-refractivity contribution in [3.63, 3.8) is 0 Å². The summed E-state index contributed by atoms with van der Waals surface area (Å²) < 4.78 is 3.12. The second-order valence-electron chi connectivity index (χ2n) is 11.6. The maximum absolute atomic E-state index is 5.20. The Morgan fingerprint density at radius 3 is 2.06 bits per heavy atom. The number of rotatable bonds is 4. The molecule has 0 aliphatic carbocycles. The molecule has 6 nitrogen and oxygen atoms in total. The van der Waals surface area contributed by atoms with Gasteiger partial charge in [-0.3, -0.25) is 4.40 Å². The largest absolute Gasteiger partial charge is 0.573 e. The average Bonchev–Trinajstić information content (AvgIpc) is 3.84. The second-order valence-corrected chi connectivity index (χ2v) is 12.6. The molecule has 0 bridgehead atoms. The van der Waals surface area contributed by atoms with E-state index in [0.717, 1.165) is 92.8 Å². The van der Waals surface area contributed by atoms with Crippen LogP contribution < -0.4 is 5.10 Å². The zero-order valence-electron chi connectivity index (χ0n) is 24.9. The smallest absolute Gasteiger partial charge is 0.165 e. The van der Waals surface area contributed by atoms with Crippen LogP contribution in [0, 0.1) is 0 Å². The Bertz CT molecular complexity index is 2780. The van der Waals surface area contributed by atoms with Gasteiger partial charge < -0.3 is 10.2 Å². The predicted octanol–water partition coefficient (Wildman–Crippen LogP) is 9.82. The molecule has 6 heterocycles. The first-order chi connectivity index (χ1) is 23.3. The quantitative estimate of drug-likeness (QED) is 0.196. The van der Waals surface area contributed by atoms with Crippen molar-refractivity contribution in [2.75, 3.05) is 0 Å². The molecule has 10 aromatic rings. The van der Waals surface area contributed by atoms with Crippen LogP contribution in [0.4, 0.5) is 0 Å². The van der Waals surface area contributed by atoms with E-state index in [1.165, 1.54) is 0 Å². The molecule has 220 valence electrons. The van der Waals surface area contributed by atoms with Gasteiger partial charge in [0.05, 0.1) is 11.4 Å². The third-order valence-electron chi connectivity index (χ3n) is 8.88. The van der Waals surface area contributed by atoms with Gasteiger partial charge in [0.2, 0.25) is 0 Å². The zero-order valence-corrected chi connectivity index (χ0v) is 25.7. The highest BCUT2D eigenvalue weighted by Crippen LogP contribution is 2.40. The van der Waals surface area contributed by atoms with Crippen molar-refractivity contribution >= 4 is 59.4 Å². The van der Waals surface area contributed by atoms with Crippen LogP contribution in [-0.4, -0.2) is 24.5 Å². The molecule has 0 aliphatic heterocycles. The lowest BCUT2D eigenvalue weighted by Gasteiger charge is -2.10. The molecule has 0 N–H and O–H groups in total. The highest BCUT2D eigenvalue weighted by Gasteiger charge is 2.16. The van der Waals surface area contributed by atoms with Gasteiger partial charge >= 0.3 is 0 Å². The van der Waals surface area contributed by atoms with Crippen molar-refractivity contribution in [1.82, 2.24) is 29.5 Å². The summed E-state index contributed by atoms with van der Waals surface area (Å²) in [5, 5.41) is 12.4. The fourth-order valence-corrected chi connectivity index (χ4v) is 7.62. The third-order valence-corrected chi connectivity index (χ3v) is 9.99. The Balaban J connectivity index is 1.07. The normalized spacial score (nSPS) is 11.8. The van der Waals surface area contributed by atoms with E-state index in [2.05, 4.69) is 99.5 Å². The molecule has 0 spiro atoms. The van der Waals surface area contributed by atoms with Gasteiger partial charge in [-0.2, -0.15) is 0 Å². The van der Waals surface area contributed by atoms with E-state index in [1.807, 2.05) is 54.9 Å². The molecule has 0 saturated heterocycles. The first kappa shape index (κ1) is 26.1. The van der Waals surface area contributed by atoms with E-state index in [9.17, 15) is 0 Å². The van der Waals surface area contributed by atoms with Crippen LogP contribution >= 0.6 is 11.3 Å². The SMILES string of the molecule is c1ccc(-c2cnc3sc4c(-c5ccc(-c6ccc7c(c6)c(-c6ccccc6)nc6c7nc7ccccn76)cc5)n[n-]c4c3c2)cc1. The molecular weight excluding hydrogens is 597 g/mol. The van der Waals surface area contributed by atoms with Gasteiger partial charge in [-0.05, 0) is 51.9 Å². The third kappa shape index (κ3) is 4.10. The molecule has 0 fully saturated rings. The zero-order chi connectivity index (χ0) is 30.9. The summed E-state index contributed by atoms with van der Waals surface area (Å²) in [6.45, 7) is 0. The number of hydrogen-bond donors (Lipinski definition) is 0. The van der Waals surface area contributed by atoms with E-state index in [-0.39, 0.29) is 0 Å². The average molecular weight is 620 g/mol. The van der Waals surface area contributed by atoms with Crippen LogP contribution in [0.3, 0.4) is 0 Å². The van der Waals surface area contributed by atoms with E-state index < -0.39 is 0 Å². The maximum Gasteiger partial charge on any atom is 0.165 e. The van der Waals surface area contributed by atoms with Gasteiger partial charge in [0.25, 0.3) is 0 Å². The van der Waals surface area contributed by atoms with Crippen LogP contribution in [0.1, 0.15) is 0 Å². The number of fused-ring (bicyclic) bond motifs is 8.